The summed E-state index contributed by atoms with van der Waals surface area (Å²) in [4.78, 5) is 17.8. The van der Waals surface area contributed by atoms with Gasteiger partial charge in [-0.15, -0.1) is 0 Å². The standard InChI is InChI=1S/C24H29N3O/c28-23-24(27(18-25-23)22-8-2-1-3-9-22)14-16-26(17-15-24)21-12-10-19-6-4-5-7-20(19)11-13-21/h1-9,21H,10-18H2,(H,25,28). The molecule has 0 saturated carbocycles. The Kier molecular flexibility index (Phi) is 4.59. The van der Waals surface area contributed by atoms with Crippen LogP contribution in [-0.4, -0.2) is 42.1 Å². The Labute approximate surface area is 167 Å². The summed E-state index contributed by atoms with van der Waals surface area (Å²) in [5, 5.41) is 3.11. The van der Waals surface area contributed by atoms with E-state index in [4.69, 9.17) is 0 Å². The highest BCUT2D eigenvalue weighted by molar-refractivity contribution is 5.93. The van der Waals surface area contributed by atoms with Gasteiger partial charge in [0.1, 0.15) is 5.54 Å². The van der Waals surface area contributed by atoms with E-state index >= 15 is 0 Å². The Morgan fingerprint density at radius 2 is 1.46 bits per heavy atom. The van der Waals surface area contributed by atoms with Crippen molar-refractivity contribution in [3.05, 3.63) is 65.7 Å². The van der Waals surface area contributed by atoms with Crippen molar-refractivity contribution < 1.29 is 4.79 Å². The summed E-state index contributed by atoms with van der Waals surface area (Å²) in [6.07, 6.45) is 6.66. The number of hydrogen-bond acceptors (Lipinski definition) is 3. The zero-order valence-corrected chi connectivity index (χ0v) is 16.4. The highest BCUT2D eigenvalue weighted by atomic mass is 16.2. The molecule has 1 aliphatic carbocycles. The van der Waals surface area contributed by atoms with Crippen molar-refractivity contribution in [1.82, 2.24) is 10.2 Å². The normalized spacial score (nSPS) is 22.7. The van der Waals surface area contributed by atoms with Gasteiger partial charge < -0.3 is 15.1 Å². The molecule has 146 valence electrons. The Morgan fingerprint density at radius 3 is 2.11 bits per heavy atom. The number of rotatable bonds is 2. The minimum absolute atomic E-state index is 0.212. The summed E-state index contributed by atoms with van der Waals surface area (Å²) >= 11 is 0. The number of nitrogens with one attached hydrogen (secondary N) is 1. The second-order valence-electron chi connectivity index (χ2n) is 8.50. The van der Waals surface area contributed by atoms with Gasteiger partial charge in [0, 0.05) is 24.8 Å². The third-order valence-corrected chi connectivity index (χ3v) is 7.16. The molecule has 4 heteroatoms. The second kappa shape index (κ2) is 7.25. The molecule has 3 aliphatic rings. The molecule has 5 rings (SSSR count). The van der Waals surface area contributed by atoms with Crippen molar-refractivity contribution in [1.29, 1.82) is 0 Å². The number of nitrogens with zero attached hydrogens (tertiary/aromatic N) is 2. The third-order valence-electron chi connectivity index (χ3n) is 7.16. The molecule has 2 aliphatic heterocycles. The third kappa shape index (κ3) is 3.00. The Bertz CT molecular complexity index is 815. The molecule has 1 spiro atoms. The summed E-state index contributed by atoms with van der Waals surface area (Å²) in [5.41, 5.74) is 3.85. The lowest BCUT2D eigenvalue weighted by molar-refractivity contribution is -0.125. The van der Waals surface area contributed by atoms with Crippen LogP contribution in [0.4, 0.5) is 5.69 Å². The fraction of sp³-hybridized carbons (Fsp3) is 0.458. The van der Waals surface area contributed by atoms with Crippen molar-refractivity contribution in [2.75, 3.05) is 24.7 Å². The van der Waals surface area contributed by atoms with Gasteiger partial charge in [0.2, 0.25) is 5.91 Å². The molecule has 2 heterocycles. The largest absolute Gasteiger partial charge is 0.339 e. The molecule has 1 amide bonds. The molecule has 4 nitrogen and oxygen atoms in total. The maximum absolute atomic E-state index is 12.9. The van der Waals surface area contributed by atoms with Crippen molar-refractivity contribution in [3.63, 3.8) is 0 Å². The highest BCUT2D eigenvalue weighted by Crippen LogP contribution is 2.37. The number of likely N-dealkylation sites (tertiary alicyclic amines) is 1. The minimum Gasteiger partial charge on any atom is -0.339 e. The zero-order chi connectivity index (χ0) is 19.0. The SMILES string of the molecule is O=C1NCN(c2ccccc2)C12CCN(C1CCc3ccccc3CC1)CC2. The van der Waals surface area contributed by atoms with Gasteiger partial charge in [-0.1, -0.05) is 42.5 Å². The number of piperidine rings is 1. The lowest BCUT2D eigenvalue weighted by Crippen LogP contribution is -2.57. The van der Waals surface area contributed by atoms with Crippen LogP contribution in [0.2, 0.25) is 0 Å². The number of aryl methyl sites for hydroxylation is 2. The van der Waals surface area contributed by atoms with Crippen molar-refractivity contribution in [2.24, 2.45) is 0 Å². The number of carbonyl (C=O) groups excluding carboxylic acids is 1. The topological polar surface area (TPSA) is 35.6 Å². The van der Waals surface area contributed by atoms with Crippen LogP contribution in [-0.2, 0) is 17.6 Å². The van der Waals surface area contributed by atoms with Gasteiger partial charge in [-0.25, -0.2) is 0 Å². The lowest BCUT2D eigenvalue weighted by atomic mass is 9.84. The molecule has 2 aromatic rings. The van der Waals surface area contributed by atoms with E-state index in [2.05, 4.69) is 63.6 Å². The summed E-state index contributed by atoms with van der Waals surface area (Å²) in [6.45, 7) is 2.65. The van der Waals surface area contributed by atoms with Crippen LogP contribution in [0, 0.1) is 0 Å². The van der Waals surface area contributed by atoms with Gasteiger partial charge in [-0.05, 0) is 61.8 Å². The molecule has 2 fully saturated rings. The molecule has 0 unspecified atom stereocenters. The Morgan fingerprint density at radius 1 is 0.857 bits per heavy atom. The summed E-state index contributed by atoms with van der Waals surface area (Å²) in [6, 6.07) is 20.0. The molecule has 0 radical (unpaired) electrons. The monoisotopic (exact) mass is 375 g/mol. The first-order valence-corrected chi connectivity index (χ1v) is 10.7. The number of hydrogen-bond donors (Lipinski definition) is 1. The molecular formula is C24H29N3O. The summed E-state index contributed by atoms with van der Waals surface area (Å²) in [5.74, 6) is 0.212. The molecule has 0 bridgehead atoms. The van der Waals surface area contributed by atoms with E-state index in [1.807, 2.05) is 6.07 Å². The highest BCUT2D eigenvalue weighted by Gasteiger charge is 2.50. The average molecular weight is 376 g/mol. The predicted octanol–water partition coefficient (Wildman–Crippen LogP) is 3.36. The van der Waals surface area contributed by atoms with Crippen molar-refractivity contribution >= 4 is 11.6 Å². The van der Waals surface area contributed by atoms with Gasteiger partial charge >= 0.3 is 0 Å². The number of benzene rings is 2. The van der Waals surface area contributed by atoms with E-state index in [0.29, 0.717) is 12.7 Å². The molecule has 0 aromatic heterocycles. The van der Waals surface area contributed by atoms with Crippen LogP contribution in [0.15, 0.2) is 54.6 Å². The lowest BCUT2D eigenvalue weighted by Gasteiger charge is -2.45. The van der Waals surface area contributed by atoms with Crippen LogP contribution in [0.1, 0.15) is 36.8 Å². The molecule has 28 heavy (non-hydrogen) atoms. The predicted molar refractivity (Wildman–Crippen MR) is 112 cm³/mol. The van der Waals surface area contributed by atoms with E-state index in [-0.39, 0.29) is 11.4 Å². The van der Waals surface area contributed by atoms with Gasteiger partial charge in [0.15, 0.2) is 0 Å². The van der Waals surface area contributed by atoms with E-state index < -0.39 is 0 Å². The molecule has 0 atom stereocenters. The maximum atomic E-state index is 12.9. The number of fused-ring (bicyclic) bond motifs is 1. The van der Waals surface area contributed by atoms with E-state index in [1.165, 1.54) is 36.8 Å². The van der Waals surface area contributed by atoms with Gasteiger partial charge in [0.05, 0.1) is 6.67 Å². The minimum atomic E-state index is -0.369. The maximum Gasteiger partial charge on any atom is 0.247 e. The number of carbonyl (C=O) groups is 1. The first-order chi connectivity index (χ1) is 13.8. The molecule has 2 aromatic carbocycles. The molecular weight excluding hydrogens is 346 g/mol. The van der Waals surface area contributed by atoms with E-state index in [0.717, 1.165) is 31.6 Å². The van der Waals surface area contributed by atoms with E-state index in [9.17, 15) is 4.79 Å². The Balaban J connectivity index is 1.29. The zero-order valence-electron chi connectivity index (χ0n) is 16.4. The molecule has 1 N–H and O–H groups in total. The smallest absolute Gasteiger partial charge is 0.247 e. The first kappa shape index (κ1) is 17.7. The van der Waals surface area contributed by atoms with Crippen LogP contribution in [0.5, 0.6) is 0 Å². The van der Waals surface area contributed by atoms with Gasteiger partial charge in [0.25, 0.3) is 0 Å². The Hall–Kier alpha value is -2.33. The first-order valence-electron chi connectivity index (χ1n) is 10.7. The quantitative estimate of drug-likeness (QED) is 0.818. The van der Waals surface area contributed by atoms with Crippen LogP contribution in [0.25, 0.3) is 0 Å². The number of para-hydroxylation sites is 1. The van der Waals surface area contributed by atoms with Crippen LogP contribution < -0.4 is 10.2 Å². The van der Waals surface area contributed by atoms with E-state index in [1.54, 1.807) is 0 Å². The number of amides is 1. The average Bonchev–Trinajstić information content (AvgIpc) is 2.92. The van der Waals surface area contributed by atoms with Crippen molar-refractivity contribution in [2.45, 2.75) is 50.1 Å². The fourth-order valence-corrected chi connectivity index (χ4v) is 5.49. The van der Waals surface area contributed by atoms with Crippen LogP contribution >= 0.6 is 0 Å². The second-order valence-corrected chi connectivity index (χ2v) is 8.50. The fourth-order valence-electron chi connectivity index (χ4n) is 5.49. The van der Waals surface area contributed by atoms with Crippen LogP contribution in [0.3, 0.4) is 0 Å². The van der Waals surface area contributed by atoms with Gasteiger partial charge in [-0.2, -0.15) is 0 Å². The molecule has 2 saturated heterocycles. The summed E-state index contributed by atoms with van der Waals surface area (Å²) in [7, 11) is 0. The summed E-state index contributed by atoms with van der Waals surface area (Å²) < 4.78 is 0. The number of anilines is 1. The van der Waals surface area contributed by atoms with Gasteiger partial charge in [-0.3, -0.25) is 4.79 Å². The van der Waals surface area contributed by atoms with Crippen molar-refractivity contribution in [3.8, 4) is 0 Å².